The summed E-state index contributed by atoms with van der Waals surface area (Å²) in [7, 11) is -3.43. The molecule has 0 aromatic heterocycles. The van der Waals surface area contributed by atoms with Gasteiger partial charge in [0.05, 0.1) is 5.75 Å². The molecular formula is C16H18ClNO3S. The number of nitrogens with one attached hydrogen (secondary N) is 1. The molecule has 0 unspecified atom stereocenters. The summed E-state index contributed by atoms with van der Waals surface area (Å²) in [5.41, 5.74) is 1.67. The smallest absolute Gasteiger partial charge is 0.215 e. The van der Waals surface area contributed by atoms with E-state index in [4.69, 9.17) is 16.3 Å². The average Bonchev–Trinajstić information content (AvgIpc) is 2.46. The maximum atomic E-state index is 12.0. The van der Waals surface area contributed by atoms with Gasteiger partial charge < -0.3 is 4.74 Å². The highest BCUT2D eigenvalue weighted by atomic mass is 35.5. The van der Waals surface area contributed by atoms with Crippen LogP contribution in [0.4, 0.5) is 0 Å². The molecule has 22 heavy (non-hydrogen) atoms. The number of ether oxygens (including phenoxy) is 1. The van der Waals surface area contributed by atoms with Crippen molar-refractivity contribution in [2.45, 2.75) is 12.7 Å². The largest absolute Gasteiger partial charge is 0.492 e. The van der Waals surface area contributed by atoms with Crippen LogP contribution in [0, 0.1) is 6.92 Å². The first-order chi connectivity index (χ1) is 10.5. The fourth-order valence-corrected chi connectivity index (χ4v) is 3.38. The highest BCUT2D eigenvalue weighted by Gasteiger charge is 2.13. The Morgan fingerprint density at radius 2 is 1.91 bits per heavy atom. The van der Waals surface area contributed by atoms with Crippen molar-refractivity contribution in [2.24, 2.45) is 0 Å². The molecule has 1 N–H and O–H groups in total. The van der Waals surface area contributed by atoms with Gasteiger partial charge in [0.1, 0.15) is 12.4 Å². The number of hydrogen-bond acceptors (Lipinski definition) is 3. The van der Waals surface area contributed by atoms with Crippen molar-refractivity contribution in [3.05, 3.63) is 64.7 Å². The summed E-state index contributed by atoms with van der Waals surface area (Å²) >= 11 is 5.97. The van der Waals surface area contributed by atoms with Crippen molar-refractivity contribution in [1.29, 1.82) is 0 Å². The van der Waals surface area contributed by atoms with Gasteiger partial charge in [0.15, 0.2) is 0 Å². The van der Waals surface area contributed by atoms with E-state index >= 15 is 0 Å². The minimum absolute atomic E-state index is 0.142. The molecule has 0 aliphatic carbocycles. The number of halogens is 1. The molecule has 0 amide bonds. The molecule has 0 aliphatic rings. The molecule has 0 radical (unpaired) electrons. The molecule has 0 aliphatic heterocycles. The molecule has 0 saturated heterocycles. The second-order valence-electron chi connectivity index (χ2n) is 4.91. The number of benzene rings is 2. The van der Waals surface area contributed by atoms with E-state index in [1.165, 1.54) is 0 Å². The number of aryl methyl sites for hydroxylation is 1. The second kappa shape index (κ2) is 7.63. The maximum absolute atomic E-state index is 12.0. The van der Waals surface area contributed by atoms with Gasteiger partial charge in [-0.3, -0.25) is 0 Å². The van der Waals surface area contributed by atoms with Crippen LogP contribution in [0.2, 0.25) is 5.02 Å². The fraction of sp³-hybridized carbons (Fsp3) is 0.250. The Morgan fingerprint density at radius 1 is 1.14 bits per heavy atom. The maximum Gasteiger partial charge on any atom is 0.215 e. The van der Waals surface area contributed by atoms with Crippen molar-refractivity contribution >= 4 is 21.6 Å². The molecule has 2 aromatic rings. The Kier molecular flexibility index (Phi) is 5.83. The zero-order chi connectivity index (χ0) is 16.0. The summed E-state index contributed by atoms with van der Waals surface area (Å²) in [4.78, 5) is 0. The first-order valence-corrected chi connectivity index (χ1v) is 8.89. The highest BCUT2D eigenvalue weighted by Crippen LogP contribution is 2.17. The van der Waals surface area contributed by atoms with Gasteiger partial charge in [-0.2, -0.15) is 0 Å². The lowest BCUT2D eigenvalue weighted by atomic mass is 10.2. The molecule has 2 rings (SSSR count). The van der Waals surface area contributed by atoms with Gasteiger partial charge >= 0.3 is 0 Å². The SMILES string of the molecule is Cc1cccc(OCCNS(=O)(=O)Cc2ccccc2Cl)c1. The average molecular weight is 340 g/mol. The third kappa shape index (κ3) is 5.33. The van der Waals surface area contributed by atoms with Crippen LogP contribution in [0.25, 0.3) is 0 Å². The monoisotopic (exact) mass is 339 g/mol. The lowest BCUT2D eigenvalue weighted by molar-refractivity contribution is 0.322. The fourth-order valence-electron chi connectivity index (χ4n) is 1.94. The third-order valence-electron chi connectivity index (χ3n) is 2.99. The van der Waals surface area contributed by atoms with Crippen LogP contribution in [0.1, 0.15) is 11.1 Å². The molecule has 0 spiro atoms. The molecule has 2 aromatic carbocycles. The molecule has 0 saturated carbocycles. The number of rotatable bonds is 7. The molecule has 0 heterocycles. The molecule has 6 heteroatoms. The van der Waals surface area contributed by atoms with Gasteiger partial charge in [-0.1, -0.05) is 41.9 Å². The molecular weight excluding hydrogens is 322 g/mol. The van der Waals surface area contributed by atoms with Gasteiger partial charge in [-0.05, 0) is 36.2 Å². The summed E-state index contributed by atoms with van der Waals surface area (Å²) < 4.78 is 32.0. The van der Waals surface area contributed by atoms with E-state index in [1.54, 1.807) is 24.3 Å². The van der Waals surface area contributed by atoms with Gasteiger partial charge in [-0.15, -0.1) is 0 Å². The predicted octanol–water partition coefficient (Wildman–Crippen LogP) is 3.15. The zero-order valence-electron chi connectivity index (χ0n) is 12.3. The van der Waals surface area contributed by atoms with Crippen LogP contribution >= 0.6 is 11.6 Å². The molecule has 0 fully saturated rings. The summed E-state index contributed by atoms with van der Waals surface area (Å²) in [5, 5.41) is 0.448. The topological polar surface area (TPSA) is 55.4 Å². The summed E-state index contributed by atoms with van der Waals surface area (Å²) in [5.74, 6) is 0.585. The molecule has 0 atom stereocenters. The number of sulfonamides is 1. The van der Waals surface area contributed by atoms with Crippen LogP contribution in [-0.2, 0) is 15.8 Å². The van der Waals surface area contributed by atoms with E-state index in [0.717, 1.165) is 11.3 Å². The standard InChI is InChI=1S/C16H18ClNO3S/c1-13-5-4-7-15(11-13)21-10-9-18-22(19,20)12-14-6-2-3-8-16(14)17/h2-8,11,18H,9-10,12H2,1H3. The normalized spacial score (nSPS) is 11.4. The molecule has 4 nitrogen and oxygen atoms in total. The van der Waals surface area contributed by atoms with Crippen LogP contribution < -0.4 is 9.46 Å². The van der Waals surface area contributed by atoms with Crippen molar-refractivity contribution in [2.75, 3.05) is 13.2 Å². The summed E-state index contributed by atoms with van der Waals surface area (Å²) in [6.07, 6.45) is 0. The Hall–Kier alpha value is -1.56. The predicted molar refractivity (Wildman–Crippen MR) is 88.8 cm³/mol. The quantitative estimate of drug-likeness (QED) is 0.788. The Labute approximate surface area is 136 Å². The third-order valence-corrected chi connectivity index (χ3v) is 4.69. The summed E-state index contributed by atoms with van der Waals surface area (Å²) in [6.45, 7) is 2.45. The van der Waals surface area contributed by atoms with Gasteiger partial charge in [0.25, 0.3) is 0 Å². The minimum Gasteiger partial charge on any atom is -0.492 e. The van der Waals surface area contributed by atoms with E-state index in [2.05, 4.69) is 4.72 Å². The van der Waals surface area contributed by atoms with Crippen LogP contribution in [0.5, 0.6) is 5.75 Å². The van der Waals surface area contributed by atoms with Crippen molar-refractivity contribution in [1.82, 2.24) is 4.72 Å². The molecule has 118 valence electrons. The van der Waals surface area contributed by atoms with Crippen LogP contribution in [0.15, 0.2) is 48.5 Å². The lowest BCUT2D eigenvalue weighted by Crippen LogP contribution is -2.29. The van der Waals surface area contributed by atoms with E-state index in [9.17, 15) is 8.42 Å². The molecule has 0 bridgehead atoms. The van der Waals surface area contributed by atoms with Gasteiger partial charge in [0, 0.05) is 11.6 Å². The second-order valence-corrected chi connectivity index (χ2v) is 7.12. The Bertz CT molecular complexity index is 732. The Morgan fingerprint density at radius 3 is 2.64 bits per heavy atom. The van der Waals surface area contributed by atoms with Crippen molar-refractivity contribution in [3.8, 4) is 5.75 Å². The zero-order valence-corrected chi connectivity index (χ0v) is 13.8. The van der Waals surface area contributed by atoms with Gasteiger partial charge in [-0.25, -0.2) is 13.1 Å². The van der Waals surface area contributed by atoms with E-state index in [1.807, 2.05) is 31.2 Å². The lowest BCUT2D eigenvalue weighted by Gasteiger charge is -2.09. The summed E-state index contributed by atoms with van der Waals surface area (Å²) in [6, 6.07) is 14.5. The Balaban J connectivity index is 1.82. The number of hydrogen-bond donors (Lipinski definition) is 1. The van der Waals surface area contributed by atoms with Crippen LogP contribution in [0.3, 0.4) is 0 Å². The van der Waals surface area contributed by atoms with Gasteiger partial charge in [0.2, 0.25) is 10.0 Å². The van der Waals surface area contributed by atoms with Crippen LogP contribution in [-0.4, -0.2) is 21.6 Å². The van der Waals surface area contributed by atoms with Crippen molar-refractivity contribution in [3.63, 3.8) is 0 Å². The minimum atomic E-state index is -3.43. The first kappa shape index (κ1) is 16.8. The van der Waals surface area contributed by atoms with Crippen molar-refractivity contribution < 1.29 is 13.2 Å². The highest BCUT2D eigenvalue weighted by molar-refractivity contribution is 7.88. The van der Waals surface area contributed by atoms with E-state index in [-0.39, 0.29) is 18.9 Å². The van der Waals surface area contributed by atoms with E-state index < -0.39 is 10.0 Å². The first-order valence-electron chi connectivity index (χ1n) is 6.86. The van der Waals surface area contributed by atoms with E-state index in [0.29, 0.717) is 10.6 Å².